The third-order valence-electron chi connectivity index (χ3n) is 13.7. The molecule has 1 aliphatic heterocycles. The van der Waals surface area contributed by atoms with Crippen molar-refractivity contribution in [1.29, 1.82) is 0 Å². The number of aromatic hydroxyl groups is 1. The van der Waals surface area contributed by atoms with Crippen molar-refractivity contribution < 1.29 is 53.0 Å². The lowest BCUT2D eigenvalue weighted by Crippen LogP contribution is -2.50. The summed E-state index contributed by atoms with van der Waals surface area (Å²) in [5.74, 6) is -11.3. The molecule has 4 amide bonds. The molecule has 1 saturated heterocycles. The lowest BCUT2D eigenvalue weighted by atomic mass is 9.86. The average Bonchev–Trinajstić information content (AvgIpc) is 3.37. The van der Waals surface area contributed by atoms with E-state index in [4.69, 9.17) is 17.2 Å². The summed E-state index contributed by atoms with van der Waals surface area (Å²) in [5, 5.41) is 30.9. The Kier molecular flexibility index (Phi) is 23.4. The van der Waals surface area contributed by atoms with Gasteiger partial charge in [-0.15, -0.1) is 0 Å². The fourth-order valence-electron chi connectivity index (χ4n) is 9.02. The van der Waals surface area contributed by atoms with Gasteiger partial charge in [0.05, 0.1) is 42.1 Å². The number of benzene rings is 4. The summed E-state index contributed by atoms with van der Waals surface area (Å²) in [6.07, 6.45) is -2.29. The second kappa shape index (κ2) is 29.3. The number of aliphatic hydroxyl groups excluding tert-OH is 1. The zero-order chi connectivity index (χ0) is 54.8. The van der Waals surface area contributed by atoms with Gasteiger partial charge in [0, 0.05) is 49.0 Å². The van der Waals surface area contributed by atoms with E-state index < -0.39 is 125 Å². The van der Waals surface area contributed by atoms with E-state index in [0.29, 0.717) is 18.4 Å². The number of ketones is 4. The molecule has 1 aliphatic rings. The van der Waals surface area contributed by atoms with Crippen molar-refractivity contribution in [2.75, 3.05) is 18.1 Å². The number of carbonyl (C=O) groups is 8. The SMILES string of the molecule is CC(C)[C@@H]1CC(=O)[C@H](CCCCN)NC(=O)[C@@H](Cc2ccccc2F)CC(=O)[C@H](Cc2ccc(O)cc2)NC(=O)[C@@H](CC(=O)[C@H](N)Cc2ccc3ccccc3c2)CSSC[C@@H](C(=O)C[C@H](C(N)=O)C(C)O)NC1=O. The molecule has 1 unspecified atom stereocenters. The van der Waals surface area contributed by atoms with Crippen LogP contribution in [-0.4, -0.2) is 105 Å². The zero-order valence-electron chi connectivity index (χ0n) is 42.7. The van der Waals surface area contributed by atoms with Gasteiger partial charge < -0.3 is 43.4 Å². The molecule has 0 aromatic heterocycles. The van der Waals surface area contributed by atoms with Crippen LogP contribution in [0.5, 0.6) is 5.75 Å². The Morgan fingerprint density at radius 3 is 2.03 bits per heavy atom. The molecule has 404 valence electrons. The van der Waals surface area contributed by atoms with Crippen LogP contribution in [0.4, 0.5) is 4.39 Å². The summed E-state index contributed by atoms with van der Waals surface area (Å²) >= 11 is 0. The molecule has 0 radical (unpaired) electrons. The summed E-state index contributed by atoms with van der Waals surface area (Å²) in [6, 6.07) is 20.4. The van der Waals surface area contributed by atoms with Crippen LogP contribution in [0.3, 0.4) is 0 Å². The second-order valence-corrected chi connectivity index (χ2v) is 22.4. The van der Waals surface area contributed by atoms with E-state index in [2.05, 4.69) is 16.0 Å². The van der Waals surface area contributed by atoms with Gasteiger partial charge in [-0.3, -0.25) is 38.4 Å². The lowest BCUT2D eigenvalue weighted by Gasteiger charge is -2.28. The molecular formula is C56H71FN6O10S2. The van der Waals surface area contributed by atoms with Crippen molar-refractivity contribution in [3.8, 4) is 5.75 Å². The minimum atomic E-state index is -1.32. The molecule has 11 N–H and O–H groups in total. The molecule has 75 heavy (non-hydrogen) atoms. The van der Waals surface area contributed by atoms with Crippen LogP contribution >= 0.6 is 21.6 Å². The van der Waals surface area contributed by atoms with Crippen LogP contribution in [0.2, 0.25) is 0 Å². The summed E-state index contributed by atoms with van der Waals surface area (Å²) < 4.78 is 15.4. The van der Waals surface area contributed by atoms with E-state index in [1.807, 2.05) is 42.5 Å². The molecule has 4 aromatic rings. The number of phenolic OH excluding ortho intramolecular Hbond substituents is 1. The number of primary amides is 1. The molecular weight excluding hydrogens is 1000 g/mol. The maximum atomic E-state index is 15.4. The molecule has 0 aliphatic carbocycles. The van der Waals surface area contributed by atoms with Crippen molar-refractivity contribution in [3.05, 3.63) is 114 Å². The molecule has 16 nitrogen and oxygen atoms in total. The van der Waals surface area contributed by atoms with Crippen molar-refractivity contribution >= 4 is 79.1 Å². The molecule has 5 rings (SSSR count). The highest BCUT2D eigenvalue weighted by atomic mass is 33.1. The standard InChI is InChI=1S/C56H71FN6O10S2/c1-32(2)42-28-51(68)46(14-8-9-21-58)61-54(71)39(25-38-12-6-7-13-44(38)57)26-50(67)47(24-34-16-19-41(65)20-17-34)62-55(72)40(27-49(66)45(59)23-35-15-18-36-10-4-5-11-37(36)22-35)30-74-75-31-48(63-56(42)73)52(69)29-43(33(3)64)53(60)70/h4-7,10-13,15-20,22,32-33,39-40,42-43,45-48,64-65H,8-9,14,21,23-31,58-59H2,1-3H3,(H2,60,70)(H,61,71)(H,62,72)(H,63,73)/t33?,39-,40-,42-,43-,45+,46-,47-,48-/m0/s1. The number of halogens is 1. The number of hydrogen-bond donors (Lipinski definition) is 8. The van der Waals surface area contributed by atoms with Gasteiger partial charge >= 0.3 is 0 Å². The number of hydrogen-bond acceptors (Lipinski definition) is 14. The van der Waals surface area contributed by atoms with Crippen LogP contribution in [0.15, 0.2) is 91.0 Å². The number of fused-ring (bicyclic) bond motifs is 1. The first-order valence-corrected chi connectivity index (χ1v) is 27.9. The van der Waals surface area contributed by atoms with Gasteiger partial charge in [-0.05, 0) is 104 Å². The minimum absolute atomic E-state index is 0.0468. The first kappa shape index (κ1) is 59.9. The van der Waals surface area contributed by atoms with Crippen LogP contribution in [0.1, 0.15) is 82.4 Å². The number of carbonyl (C=O) groups excluding carboxylic acids is 8. The molecule has 1 heterocycles. The smallest absolute Gasteiger partial charge is 0.225 e. The van der Waals surface area contributed by atoms with Gasteiger partial charge in [0.2, 0.25) is 23.6 Å². The van der Waals surface area contributed by atoms with Crippen LogP contribution in [0, 0.1) is 35.4 Å². The Bertz CT molecular complexity index is 2640. The Morgan fingerprint density at radius 1 is 0.733 bits per heavy atom. The highest BCUT2D eigenvalue weighted by Crippen LogP contribution is 2.30. The zero-order valence-corrected chi connectivity index (χ0v) is 44.3. The van der Waals surface area contributed by atoms with Gasteiger partial charge in [-0.1, -0.05) is 108 Å². The molecule has 0 spiro atoms. The topological polar surface area (TPSA) is 291 Å². The first-order chi connectivity index (χ1) is 35.7. The van der Waals surface area contributed by atoms with E-state index in [-0.39, 0.29) is 67.9 Å². The predicted octanol–water partition coefficient (Wildman–Crippen LogP) is 4.84. The Labute approximate surface area is 445 Å². The number of unbranched alkanes of at least 4 members (excludes halogenated alkanes) is 1. The van der Waals surface area contributed by atoms with Gasteiger partial charge in [0.15, 0.2) is 23.1 Å². The van der Waals surface area contributed by atoms with Crippen molar-refractivity contribution in [2.45, 2.75) is 115 Å². The number of amides is 4. The van der Waals surface area contributed by atoms with E-state index in [1.165, 1.54) is 37.3 Å². The van der Waals surface area contributed by atoms with Crippen LogP contribution in [-0.2, 0) is 57.6 Å². The van der Waals surface area contributed by atoms with Gasteiger partial charge in [-0.2, -0.15) is 0 Å². The van der Waals surface area contributed by atoms with Crippen molar-refractivity contribution in [3.63, 3.8) is 0 Å². The summed E-state index contributed by atoms with van der Waals surface area (Å²) in [5.41, 5.74) is 19.4. The van der Waals surface area contributed by atoms with Crippen molar-refractivity contribution in [1.82, 2.24) is 16.0 Å². The number of rotatable bonds is 19. The van der Waals surface area contributed by atoms with E-state index in [1.54, 1.807) is 32.0 Å². The molecule has 9 atom stereocenters. The number of nitrogens with one attached hydrogen (secondary N) is 3. The Morgan fingerprint density at radius 2 is 1.36 bits per heavy atom. The fraction of sp³-hybridized carbons (Fsp3) is 0.464. The first-order valence-electron chi connectivity index (χ1n) is 25.4. The maximum Gasteiger partial charge on any atom is 0.225 e. The molecule has 1 fully saturated rings. The molecule has 19 heteroatoms. The largest absolute Gasteiger partial charge is 0.508 e. The van der Waals surface area contributed by atoms with Crippen LogP contribution < -0.4 is 33.2 Å². The maximum absolute atomic E-state index is 15.4. The minimum Gasteiger partial charge on any atom is -0.508 e. The van der Waals surface area contributed by atoms with Gasteiger partial charge in [-0.25, -0.2) is 4.39 Å². The Balaban J connectivity index is 1.57. The third kappa shape index (κ3) is 18.4. The Hall–Kier alpha value is -5.99. The number of Topliss-reactive ketones (excluding diaryl/α,β-unsaturated/α-hetero) is 4. The number of aliphatic hydroxyl groups is 1. The molecule has 0 bridgehead atoms. The highest BCUT2D eigenvalue weighted by Gasteiger charge is 2.37. The van der Waals surface area contributed by atoms with E-state index in [0.717, 1.165) is 37.9 Å². The van der Waals surface area contributed by atoms with Gasteiger partial charge in [0.1, 0.15) is 11.6 Å². The quantitative estimate of drug-likeness (QED) is 0.0461. The summed E-state index contributed by atoms with van der Waals surface area (Å²) in [7, 11) is 2.20. The predicted molar refractivity (Wildman–Crippen MR) is 289 cm³/mol. The van der Waals surface area contributed by atoms with E-state index >= 15 is 4.39 Å². The molecule has 4 aromatic carbocycles. The fourth-order valence-corrected chi connectivity index (χ4v) is 11.5. The summed E-state index contributed by atoms with van der Waals surface area (Å²) in [4.78, 5) is 113. The van der Waals surface area contributed by atoms with E-state index in [9.17, 15) is 48.6 Å². The van der Waals surface area contributed by atoms with Crippen molar-refractivity contribution in [2.24, 2.45) is 46.8 Å². The summed E-state index contributed by atoms with van der Waals surface area (Å²) in [6.45, 7) is 5.05. The second-order valence-electron chi connectivity index (χ2n) is 19.9. The average molecular weight is 1070 g/mol. The molecule has 0 saturated carbocycles. The monoisotopic (exact) mass is 1070 g/mol. The van der Waals surface area contributed by atoms with Gasteiger partial charge in [0.25, 0.3) is 0 Å². The third-order valence-corrected chi connectivity index (χ3v) is 16.2. The normalized spacial score (nSPS) is 22.1. The van der Waals surface area contributed by atoms with Crippen LogP contribution in [0.25, 0.3) is 10.8 Å². The lowest BCUT2D eigenvalue weighted by molar-refractivity contribution is -0.136. The number of nitrogens with two attached hydrogens (primary N) is 3. The highest BCUT2D eigenvalue weighted by molar-refractivity contribution is 8.76. The number of phenols is 1.